The van der Waals surface area contributed by atoms with Crippen LogP contribution >= 0.6 is 12.4 Å². The minimum atomic E-state index is 0. The van der Waals surface area contributed by atoms with Gasteiger partial charge in [-0.3, -0.25) is 10.9 Å². The topological polar surface area (TPSA) is 50.1 Å². The smallest absolute Gasteiger partial charge is 0.0354 e. The van der Waals surface area contributed by atoms with Crippen LogP contribution in [0.15, 0.2) is 30.3 Å². The first-order valence-corrected chi connectivity index (χ1v) is 5.51. The summed E-state index contributed by atoms with van der Waals surface area (Å²) in [5, 5.41) is 0. The number of nitrogens with one attached hydrogen (secondary N) is 2. The van der Waals surface area contributed by atoms with E-state index in [1.54, 1.807) is 0 Å². The highest BCUT2D eigenvalue weighted by atomic mass is 35.5. The molecule has 0 aliphatic carbocycles. The number of nitrogens with two attached hydrogens (primary N) is 1. The fourth-order valence-corrected chi connectivity index (χ4v) is 2.41. The molecule has 0 bridgehead atoms. The van der Waals surface area contributed by atoms with Crippen LogP contribution < -0.4 is 16.6 Å². The molecule has 16 heavy (non-hydrogen) atoms. The number of rotatable bonds is 2. The third kappa shape index (κ3) is 2.55. The first-order chi connectivity index (χ1) is 7.20. The van der Waals surface area contributed by atoms with Crippen molar-refractivity contribution in [1.29, 1.82) is 0 Å². The Hall–Kier alpha value is -0.610. The van der Waals surface area contributed by atoms with E-state index in [2.05, 4.69) is 36.8 Å². The Labute approximate surface area is 103 Å². The van der Waals surface area contributed by atoms with Gasteiger partial charge in [0.2, 0.25) is 0 Å². The average Bonchev–Trinajstić information content (AvgIpc) is 2.59. The van der Waals surface area contributed by atoms with E-state index in [9.17, 15) is 0 Å². The van der Waals surface area contributed by atoms with Gasteiger partial charge in [0.15, 0.2) is 0 Å². The zero-order valence-electron chi connectivity index (χ0n) is 9.68. The Morgan fingerprint density at radius 2 is 1.56 bits per heavy atom. The zero-order chi connectivity index (χ0) is 10.8. The number of benzene rings is 1. The molecule has 1 aliphatic heterocycles. The van der Waals surface area contributed by atoms with Crippen molar-refractivity contribution in [1.82, 2.24) is 10.9 Å². The SMILES string of the molecule is CC1NNC(C)C1C(N)c1ccccc1.Cl. The monoisotopic (exact) mass is 241 g/mol. The van der Waals surface area contributed by atoms with Crippen molar-refractivity contribution in [3.8, 4) is 0 Å². The molecular weight excluding hydrogens is 222 g/mol. The maximum atomic E-state index is 6.30. The van der Waals surface area contributed by atoms with E-state index in [1.807, 2.05) is 18.2 Å². The average molecular weight is 242 g/mol. The summed E-state index contributed by atoms with van der Waals surface area (Å²) in [5.41, 5.74) is 14.0. The fourth-order valence-electron chi connectivity index (χ4n) is 2.41. The summed E-state index contributed by atoms with van der Waals surface area (Å²) < 4.78 is 0. The first-order valence-electron chi connectivity index (χ1n) is 5.51. The fraction of sp³-hybridized carbons (Fsp3) is 0.500. The largest absolute Gasteiger partial charge is 0.324 e. The molecule has 1 saturated heterocycles. The standard InChI is InChI=1S/C12H19N3.ClH/c1-8-11(9(2)15-14-8)12(13)10-6-4-3-5-7-10;/h3-9,11-12,14-15H,13H2,1-2H3;1H. The summed E-state index contributed by atoms with van der Waals surface area (Å²) in [6.07, 6.45) is 0. The van der Waals surface area contributed by atoms with Gasteiger partial charge in [0.05, 0.1) is 0 Å². The second-order valence-electron chi connectivity index (χ2n) is 4.38. The zero-order valence-corrected chi connectivity index (χ0v) is 10.5. The molecule has 2 rings (SSSR count). The quantitative estimate of drug-likeness (QED) is 0.738. The van der Waals surface area contributed by atoms with Gasteiger partial charge in [0, 0.05) is 24.0 Å². The van der Waals surface area contributed by atoms with Gasteiger partial charge in [-0.2, -0.15) is 0 Å². The normalized spacial score (nSPS) is 30.8. The van der Waals surface area contributed by atoms with Crippen LogP contribution in [-0.4, -0.2) is 12.1 Å². The third-order valence-corrected chi connectivity index (χ3v) is 3.29. The predicted octanol–water partition coefficient (Wildman–Crippen LogP) is 1.61. The van der Waals surface area contributed by atoms with Gasteiger partial charge in [-0.15, -0.1) is 12.4 Å². The Morgan fingerprint density at radius 1 is 1.06 bits per heavy atom. The summed E-state index contributed by atoms with van der Waals surface area (Å²) in [6.45, 7) is 4.34. The maximum Gasteiger partial charge on any atom is 0.0354 e. The van der Waals surface area contributed by atoms with Crippen LogP contribution in [0.3, 0.4) is 0 Å². The molecule has 0 radical (unpaired) electrons. The van der Waals surface area contributed by atoms with Gasteiger partial charge < -0.3 is 5.73 Å². The van der Waals surface area contributed by atoms with E-state index in [4.69, 9.17) is 5.73 Å². The first kappa shape index (κ1) is 13.5. The lowest BCUT2D eigenvalue weighted by atomic mass is 9.85. The molecule has 3 unspecified atom stereocenters. The van der Waals surface area contributed by atoms with Gasteiger partial charge in [-0.1, -0.05) is 30.3 Å². The minimum absolute atomic E-state index is 0. The van der Waals surface area contributed by atoms with Crippen LogP contribution in [0.5, 0.6) is 0 Å². The molecule has 3 atom stereocenters. The summed E-state index contributed by atoms with van der Waals surface area (Å²) in [5.74, 6) is 0.437. The van der Waals surface area contributed by atoms with Crippen LogP contribution in [0.2, 0.25) is 0 Å². The summed E-state index contributed by atoms with van der Waals surface area (Å²) in [7, 11) is 0. The number of hydrogen-bond acceptors (Lipinski definition) is 3. The molecule has 0 amide bonds. The minimum Gasteiger partial charge on any atom is -0.324 e. The summed E-state index contributed by atoms with van der Waals surface area (Å²) in [4.78, 5) is 0. The Kier molecular flexibility index (Phi) is 4.74. The van der Waals surface area contributed by atoms with E-state index in [-0.39, 0.29) is 18.4 Å². The molecule has 1 aliphatic rings. The summed E-state index contributed by atoms with van der Waals surface area (Å²) >= 11 is 0. The molecule has 3 nitrogen and oxygen atoms in total. The molecule has 1 heterocycles. The molecule has 0 spiro atoms. The van der Waals surface area contributed by atoms with Crippen LogP contribution in [-0.2, 0) is 0 Å². The lowest BCUT2D eigenvalue weighted by Crippen LogP contribution is -2.34. The van der Waals surface area contributed by atoms with E-state index >= 15 is 0 Å². The molecule has 1 aromatic rings. The number of halogens is 1. The van der Waals surface area contributed by atoms with Crippen molar-refractivity contribution in [3.05, 3.63) is 35.9 Å². The molecule has 4 heteroatoms. The molecule has 0 aromatic heterocycles. The van der Waals surface area contributed by atoms with E-state index < -0.39 is 0 Å². The highest BCUT2D eigenvalue weighted by Gasteiger charge is 2.34. The Balaban J connectivity index is 0.00000128. The van der Waals surface area contributed by atoms with Gasteiger partial charge >= 0.3 is 0 Å². The van der Waals surface area contributed by atoms with Crippen LogP contribution in [0.4, 0.5) is 0 Å². The van der Waals surface area contributed by atoms with Crippen LogP contribution in [0.1, 0.15) is 25.5 Å². The van der Waals surface area contributed by atoms with Crippen molar-refractivity contribution in [2.75, 3.05) is 0 Å². The Bertz CT molecular complexity index is 307. The molecule has 1 aromatic carbocycles. The maximum absolute atomic E-state index is 6.30. The number of hydrogen-bond donors (Lipinski definition) is 3. The number of hydrazine groups is 1. The lowest BCUT2D eigenvalue weighted by Gasteiger charge is -2.25. The van der Waals surface area contributed by atoms with Crippen LogP contribution in [0.25, 0.3) is 0 Å². The van der Waals surface area contributed by atoms with Crippen molar-refractivity contribution >= 4 is 12.4 Å². The molecule has 1 fully saturated rings. The van der Waals surface area contributed by atoms with Crippen LogP contribution in [0, 0.1) is 5.92 Å². The van der Waals surface area contributed by atoms with Gasteiger partial charge in [-0.25, -0.2) is 0 Å². The second-order valence-corrected chi connectivity index (χ2v) is 4.38. The highest BCUT2D eigenvalue weighted by molar-refractivity contribution is 5.85. The predicted molar refractivity (Wildman–Crippen MR) is 69.3 cm³/mol. The molecule has 90 valence electrons. The van der Waals surface area contributed by atoms with E-state index in [0.717, 1.165) is 0 Å². The van der Waals surface area contributed by atoms with Crippen molar-refractivity contribution in [2.24, 2.45) is 11.7 Å². The highest BCUT2D eigenvalue weighted by Crippen LogP contribution is 2.27. The molecule has 0 saturated carbocycles. The molecular formula is C12H20ClN3. The van der Waals surface area contributed by atoms with Gasteiger partial charge in [-0.05, 0) is 19.4 Å². The van der Waals surface area contributed by atoms with Gasteiger partial charge in [0.1, 0.15) is 0 Å². The van der Waals surface area contributed by atoms with E-state index in [1.165, 1.54) is 5.56 Å². The second kappa shape index (κ2) is 5.64. The lowest BCUT2D eigenvalue weighted by molar-refractivity contribution is 0.370. The van der Waals surface area contributed by atoms with E-state index in [0.29, 0.717) is 18.0 Å². The Morgan fingerprint density at radius 3 is 2.06 bits per heavy atom. The molecule has 4 N–H and O–H groups in total. The van der Waals surface area contributed by atoms with Crippen molar-refractivity contribution in [2.45, 2.75) is 32.0 Å². The summed E-state index contributed by atoms with van der Waals surface area (Å²) in [6, 6.07) is 11.2. The third-order valence-electron chi connectivity index (χ3n) is 3.29. The van der Waals surface area contributed by atoms with Crippen molar-refractivity contribution in [3.63, 3.8) is 0 Å². The van der Waals surface area contributed by atoms with Gasteiger partial charge in [0.25, 0.3) is 0 Å². The van der Waals surface area contributed by atoms with Crippen molar-refractivity contribution < 1.29 is 0 Å².